The van der Waals surface area contributed by atoms with Crippen LogP contribution in [0.1, 0.15) is 73.4 Å². The molecule has 0 radical (unpaired) electrons. The molecule has 1 aliphatic rings. The summed E-state index contributed by atoms with van der Waals surface area (Å²) in [6.45, 7) is 4.72. The number of nitrogens with zero attached hydrogens (tertiary/aromatic N) is 4. The Labute approximate surface area is 146 Å². The van der Waals surface area contributed by atoms with E-state index in [1.165, 1.54) is 0 Å². The van der Waals surface area contributed by atoms with Gasteiger partial charge in [-0.1, -0.05) is 43.4 Å². The van der Waals surface area contributed by atoms with Crippen LogP contribution in [-0.2, 0) is 7.05 Å². The number of aromatic nitrogens is 3. The number of aryl methyl sites for hydroxylation is 1. The van der Waals surface area contributed by atoms with Crippen LogP contribution < -0.4 is 0 Å². The summed E-state index contributed by atoms with van der Waals surface area (Å²) in [5, 5.41) is 8.81. The van der Waals surface area contributed by atoms with Gasteiger partial charge < -0.3 is 9.42 Å². The Morgan fingerprint density at radius 2 is 2.17 bits per heavy atom. The summed E-state index contributed by atoms with van der Waals surface area (Å²) in [7, 11) is 1.86. The summed E-state index contributed by atoms with van der Waals surface area (Å²) < 4.78 is 7.07. The van der Waals surface area contributed by atoms with Crippen LogP contribution in [0.25, 0.3) is 0 Å². The molecule has 0 saturated carbocycles. The second-order valence-electron chi connectivity index (χ2n) is 6.63. The van der Waals surface area contributed by atoms with Crippen molar-refractivity contribution in [1.29, 1.82) is 0 Å². The molecule has 3 rings (SSSR count). The second kappa shape index (κ2) is 6.97. The van der Waals surface area contributed by atoms with Gasteiger partial charge in [-0.2, -0.15) is 5.10 Å². The van der Waals surface area contributed by atoms with Crippen molar-refractivity contribution >= 4 is 17.5 Å². The molecular weight excluding hydrogens is 328 g/mol. The van der Waals surface area contributed by atoms with Crippen LogP contribution in [0.15, 0.2) is 16.8 Å². The Kier molecular flexibility index (Phi) is 4.94. The lowest BCUT2D eigenvalue weighted by molar-refractivity contribution is 0.0663. The lowest BCUT2D eigenvalue weighted by atomic mass is 10.1. The Bertz CT molecular complexity index is 702. The van der Waals surface area contributed by atoms with Crippen LogP contribution in [0.4, 0.5) is 0 Å². The normalized spacial score (nSPS) is 18.9. The minimum absolute atomic E-state index is 0.0841. The fourth-order valence-electron chi connectivity index (χ4n) is 3.24. The molecule has 0 aromatic carbocycles. The molecule has 1 saturated heterocycles. The topological polar surface area (TPSA) is 64.2 Å². The summed E-state index contributed by atoms with van der Waals surface area (Å²) in [5.74, 6) is 0.823. The summed E-state index contributed by atoms with van der Waals surface area (Å²) in [6.07, 6.45) is 5.65. The van der Waals surface area contributed by atoms with Crippen molar-refractivity contribution in [1.82, 2.24) is 19.8 Å². The summed E-state index contributed by atoms with van der Waals surface area (Å²) in [5.41, 5.74) is 1.25. The smallest absolute Gasteiger partial charge is 0.276 e. The monoisotopic (exact) mass is 350 g/mol. The molecule has 1 aliphatic heterocycles. The molecule has 0 bridgehead atoms. The number of carbonyl (C=O) groups is 1. The number of hydrogen-bond acceptors (Lipinski definition) is 4. The maximum absolute atomic E-state index is 13.0. The van der Waals surface area contributed by atoms with Gasteiger partial charge in [-0.25, -0.2) is 0 Å². The molecule has 1 amide bonds. The van der Waals surface area contributed by atoms with Crippen LogP contribution in [0.3, 0.4) is 0 Å². The maximum atomic E-state index is 13.0. The summed E-state index contributed by atoms with van der Waals surface area (Å²) in [6, 6.07) is 1.67. The molecule has 6 nitrogen and oxygen atoms in total. The van der Waals surface area contributed by atoms with E-state index in [2.05, 4.69) is 10.3 Å². The molecule has 0 unspecified atom stereocenters. The highest BCUT2D eigenvalue weighted by Crippen LogP contribution is 2.34. The zero-order chi connectivity index (χ0) is 17.3. The predicted octanol–water partition coefficient (Wildman–Crippen LogP) is 3.94. The van der Waals surface area contributed by atoms with Gasteiger partial charge >= 0.3 is 0 Å². The van der Waals surface area contributed by atoms with Crippen LogP contribution in [0, 0.1) is 0 Å². The van der Waals surface area contributed by atoms with Crippen molar-refractivity contribution < 1.29 is 9.32 Å². The molecule has 0 N–H and O–H groups in total. The first-order valence-electron chi connectivity index (χ1n) is 8.44. The average Bonchev–Trinajstić information content (AvgIpc) is 3.08. The molecule has 3 heterocycles. The number of carbonyl (C=O) groups excluding carboxylic acids is 1. The average molecular weight is 351 g/mol. The summed E-state index contributed by atoms with van der Waals surface area (Å²) in [4.78, 5) is 14.9. The number of halogens is 1. The van der Waals surface area contributed by atoms with Crippen molar-refractivity contribution in [2.75, 3.05) is 6.54 Å². The van der Waals surface area contributed by atoms with Gasteiger partial charge in [-0.3, -0.25) is 9.48 Å². The highest BCUT2D eigenvalue weighted by Gasteiger charge is 2.32. The Morgan fingerprint density at radius 3 is 2.79 bits per heavy atom. The zero-order valence-corrected chi connectivity index (χ0v) is 15.1. The SMILES string of the molecule is CC(C)c1cc(C(=O)N2CCCCC[C@H]2c2c(Cl)cnn2C)no1. The van der Waals surface area contributed by atoms with Crippen LogP contribution >= 0.6 is 11.6 Å². The molecule has 0 spiro atoms. The van der Waals surface area contributed by atoms with E-state index in [4.69, 9.17) is 16.1 Å². The first-order chi connectivity index (χ1) is 11.5. The fraction of sp³-hybridized carbons (Fsp3) is 0.588. The first kappa shape index (κ1) is 17.0. The van der Waals surface area contributed by atoms with E-state index in [1.54, 1.807) is 16.9 Å². The van der Waals surface area contributed by atoms with E-state index >= 15 is 0 Å². The van der Waals surface area contributed by atoms with E-state index in [-0.39, 0.29) is 17.9 Å². The van der Waals surface area contributed by atoms with Crippen LogP contribution in [-0.4, -0.2) is 32.3 Å². The van der Waals surface area contributed by atoms with E-state index in [9.17, 15) is 4.79 Å². The maximum Gasteiger partial charge on any atom is 0.276 e. The highest BCUT2D eigenvalue weighted by molar-refractivity contribution is 6.31. The highest BCUT2D eigenvalue weighted by atomic mass is 35.5. The number of hydrogen-bond donors (Lipinski definition) is 0. The minimum Gasteiger partial charge on any atom is -0.360 e. The van der Waals surface area contributed by atoms with Crippen molar-refractivity contribution in [3.05, 3.63) is 34.4 Å². The molecular formula is C17H23ClN4O2. The number of rotatable bonds is 3. The standard InChI is InChI=1S/C17H23ClN4O2/c1-11(2)15-9-13(20-24-15)17(23)22-8-6-4-5-7-14(22)16-12(18)10-19-21(16)3/h9-11,14H,4-8H2,1-3H3/t14-/m0/s1. The first-order valence-corrected chi connectivity index (χ1v) is 8.81. The van der Waals surface area contributed by atoms with Gasteiger partial charge in [0.1, 0.15) is 5.76 Å². The van der Waals surface area contributed by atoms with Crippen molar-refractivity contribution in [2.24, 2.45) is 7.05 Å². The number of likely N-dealkylation sites (tertiary alicyclic amines) is 1. The molecule has 24 heavy (non-hydrogen) atoms. The van der Waals surface area contributed by atoms with Crippen molar-refractivity contribution in [2.45, 2.75) is 51.5 Å². The van der Waals surface area contributed by atoms with Gasteiger partial charge in [-0.05, 0) is 12.8 Å². The Hall–Kier alpha value is -1.82. The predicted molar refractivity (Wildman–Crippen MR) is 91.1 cm³/mol. The van der Waals surface area contributed by atoms with Gasteiger partial charge in [0.15, 0.2) is 5.69 Å². The molecule has 1 fully saturated rings. The molecule has 0 aliphatic carbocycles. The lowest BCUT2D eigenvalue weighted by Gasteiger charge is -2.29. The van der Waals surface area contributed by atoms with Gasteiger partial charge in [0, 0.05) is 25.6 Å². The van der Waals surface area contributed by atoms with Crippen LogP contribution in [0.2, 0.25) is 5.02 Å². The molecule has 2 aromatic rings. The largest absolute Gasteiger partial charge is 0.360 e. The molecule has 130 valence electrons. The van der Waals surface area contributed by atoms with Crippen LogP contribution in [0.5, 0.6) is 0 Å². The van der Waals surface area contributed by atoms with E-state index in [1.807, 2.05) is 25.8 Å². The van der Waals surface area contributed by atoms with Gasteiger partial charge in [0.2, 0.25) is 0 Å². The molecule has 2 aromatic heterocycles. The van der Waals surface area contributed by atoms with Crippen molar-refractivity contribution in [3.63, 3.8) is 0 Å². The minimum atomic E-state index is -0.102. The quantitative estimate of drug-likeness (QED) is 0.840. The van der Waals surface area contributed by atoms with Gasteiger partial charge in [-0.15, -0.1) is 0 Å². The lowest BCUT2D eigenvalue weighted by Crippen LogP contribution is -2.36. The third-order valence-electron chi connectivity index (χ3n) is 4.58. The number of amides is 1. The zero-order valence-electron chi connectivity index (χ0n) is 14.3. The van der Waals surface area contributed by atoms with Gasteiger partial charge in [0.05, 0.1) is 23.0 Å². The van der Waals surface area contributed by atoms with E-state index in [0.29, 0.717) is 17.3 Å². The van der Waals surface area contributed by atoms with E-state index < -0.39 is 0 Å². The van der Waals surface area contributed by atoms with E-state index in [0.717, 1.165) is 37.1 Å². The third kappa shape index (κ3) is 3.20. The van der Waals surface area contributed by atoms with Crippen molar-refractivity contribution in [3.8, 4) is 0 Å². The Balaban J connectivity index is 1.93. The third-order valence-corrected chi connectivity index (χ3v) is 4.87. The Morgan fingerprint density at radius 1 is 1.38 bits per heavy atom. The fourth-order valence-corrected chi connectivity index (χ4v) is 3.53. The van der Waals surface area contributed by atoms with Gasteiger partial charge in [0.25, 0.3) is 5.91 Å². The summed E-state index contributed by atoms with van der Waals surface area (Å²) >= 11 is 6.34. The molecule has 1 atom stereocenters. The molecule has 7 heteroatoms. The second-order valence-corrected chi connectivity index (χ2v) is 7.04.